The van der Waals surface area contributed by atoms with Crippen LogP contribution in [0.4, 0.5) is 10.1 Å². The van der Waals surface area contributed by atoms with Crippen LogP contribution in [0.5, 0.6) is 0 Å². The molecule has 1 aromatic heterocycles. The zero-order valence-corrected chi connectivity index (χ0v) is 17.9. The molecule has 6 heteroatoms. The van der Waals surface area contributed by atoms with Gasteiger partial charge < -0.3 is 14.6 Å². The van der Waals surface area contributed by atoms with Gasteiger partial charge in [0.1, 0.15) is 11.6 Å². The van der Waals surface area contributed by atoms with Gasteiger partial charge in [0.25, 0.3) is 0 Å². The zero-order valence-electron chi connectivity index (χ0n) is 17.9. The van der Waals surface area contributed by atoms with E-state index >= 15 is 0 Å². The predicted molar refractivity (Wildman–Crippen MR) is 120 cm³/mol. The Morgan fingerprint density at radius 1 is 1.00 bits per heavy atom. The molecular formula is C26H27FN2O3. The molecule has 1 N–H and O–H groups in total. The van der Waals surface area contributed by atoms with E-state index in [1.54, 1.807) is 29.4 Å². The molecule has 2 amide bonds. The molecule has 0 spiro atoms. The average molecular weight is 435 g/mol. The third kappa shape index (κ3) is 5.63. The maximum absolute atomic E-state index is 13.4. The van der Waals surface area contributed by atoms with Gasteiger partial charge in [0, 0.05) is 11.6 Å². The summed E-state index contributed by atoms with van der Waals surface area (Å²) in [7, 11) is 0. The molecule has 3 aromatic rings. The largest absolute Gasteiger partial charge is 0.467 e. The molecular weight excluding hydrogens is 407 g/mol. The van der Waals surface area contributed by atoms with Gasteiger partial charge in [-0.3, -0.25) is 9.59 Å². The summed E-state index contributed by atoms with van der Waals surface area (Å²) in [5.41, 5.74) is 2.43. The van der Waals surface area contributed by atoms with Crippen LogP contribution in [0.3, 0.4) is 0 Å². The van der Waals surface area contributed by atoms with Gasteiger partial charge >= 0.3 is 0 Å². The van der Waals surface area contributed by atoms with E-state index in [0.717, 1.165) is 42.5 Å². The van der Waals surface area contributed by atoms with Crippen molar-refractivity contribution in [2.24, 2.45) is 5.92 Å². The van der Waals surface area contributed by atoms with Crippen molar-refractivity contribution in [3.63, 3.8) is 0 Å². The SMILES string of the molecule is O=C(Cc1cccc(N(Cc2ccc(F)cc2)C(=O)C2CCCC2)c1)NCc1ccco1. The van der Waals surface area contributed by atoms with Gasteiger partial charge in [-0.15, -0.1) is 0 Å². The number of carbonyl (C=O) groups is 2. The van der Waals surface area contributed by atoms with Crippen molar-refractivity contribution in [3.8, 4) is 0 Å². The summed E-state index contributed by atoms with van der Waals surface area (Å²) in [4.78, 5) is 27.5. The summed E-state index contributed by atoms with van der Waals surface area (Å²) in [6, 6.07) is 17.3. The highest BCUT2D eigenvalue weighted by Crippen LogP contribution is 2.30. The van der Waals surface area contributed by atoms with Crippen LogP contribution in [0.25, 0.3) is 0 Å². The lowest BCUT2D eigenvalue weighted by atomic mass is 10.0. The number of furan rings is 1. The maximum Gasteiger partial charge on any atom is 0.230 e. The van der Waals surface area contributed by atoms with E-state index in [2.05, 4.69) is 5.32 Å². The Morgan fingerprint density at radius 2 is 1.78 bits per heavy atom. The van der Waals surface area contributed by atoms with Crippen molar-refractivity contribution in [3.05, 3.63) is 89.6 Å². The zero-order chi connectivity index (χ0) is 22.3. The standard InChI is InChI=1S/C26H27FN2O3/c27-22-12-10-19(11-13-22)18-29(26(31)21-6-1-2-7-21)23-8-3-5-20(15-23)16-25(30)28-17-24-9-4-14-32-24/h3-5,8-15,21H,1-2,6-7,16-18H2,(H,28,30). The lowest BCUT2D eigenvalue weighted by molar-refractivity contribution is -0.122. The van der Waals surface area contributed by atoms with Crippen molar-refractivity contribution in [1.82, 2.24) is 5.32 Å². The number of nitrogens with zero attached hydrogens (tertiary/aromatic N) is 1. The highest BCUT2D eigenvalue weighted by molar-refractivity contribution is 5.95. The number of carbonyl (C=O) groups excluding carboxylic acids is 2. The Labute approximate surface area is 187 Å². The highest BCUT2D eigenvalue weighted by atomic mass is 19.1. The number of benzene rings is 2. The second-order valence-electron chi connectivity index (χ2n) is 8.24. The molecule has 0 radical (unpaired) electrons. The first-order valence-corrected chi connectivity index (χ1v) is 11.0. The van der Waals surface area contributed by atoms with Gasteiger partial charge in [-0.2, -0.15) is 0 Å². The summed E-state index contributed by atoms with van der Waals surface area (Å²) in [5.74, 6) is 0.373. The molecule has 0 saturated heterocycles. The van der Waals surface area contributed by atoms with E-state index in [1.807, 2.05) is 30.3 Å². The Kier molecular flexibility index (Phi) is 7.00. The maximum atomic E-state index is 13.4. The molecule has 166 valence electrons. The summed E-state index contributed by atoms with van der Waals surface area (Å²) >= 11 is 0. The van der Waals surface area contributed by atoms with Gasteiger partial charge in [0.15, 0.2) is 0 Å². The van der Waals surface area contributed by atoms with Crippen molar-refractivity contribution in [1.29, 1.82) is 0 Å². The fourth-order valence-electron chi connectivity index (χ4n) is 4.14. The molecule has 1 aliphatic rings. The van der Waals surface area contributed by atoms with Crippen LogP contribution < -0.4 is 10.2 Å². The number of hydrogen-bond acceptors (Lipinski definition) is 3. The monoisotopic (exact) mass is 434 g/mol. The smallest absolute Gasteiger partial charge is 0.230 e. The molecule has 1 aliphatic carbocycles. The van der Waals surface area contributed by atoms with Crippen LogP contribution in [-0.2, 0) is 29.1 Å². The molecule has 1 heterocycles. The first-order valence-electron chi connectivity index (χ1n) is 11.0. The Balaban J connectivity index is 1.50. The van der Waals surface area contributed by atoms with Crippen LogP contribution >= 0.6 is 0 Å². The van der Waals surface area contributed by atoms with Crippen molar-refractivity contribution in [2.45, 2.75) is 45.2 Å². The van der Waals surface area contributed by atoms with E-state index in [9.17, 15) is 14.0 Å². The van der Waals surface area contributed by atoms with Crippen LogP contribution in [0.15, 0.2) is 71.3 Å². The first kappa shape index (κ1) is 21.8. The molecule has 0 atom stereocenters. The number of anilines is 1. The third-order valence-electron chi connectivity index (χ3n) is 5.85. The van der Waals surface area contributed by atoms with Crippen LogP contribution in [0.1, 0.15) is 42.6 Å². The van der Waals surface area contributed by atoms with Crippen LogP contribution in [0, 0.1) is 11.7 Å². The molecule has 2 aromatic carbocycles. The minimum atomic E-state index is -0.301. The van der Waals surface area contributed by atoms with E-state index in [-0.39, 0.29) is 30.0 Å². The minimum Gasteiger partial charge on any atom is -0.467 e. The van der Waals surface area contributed by atoms with E-state index in [4.69, 9.17) is 4.42 Å². The quantitative estimate of drug-likeness (QED) is 0.543. The summed E-state index contributed by atoms with van der Waals surface area (Å²) in [6.07, 6.45) is 5.70. The molecule has 5 nitrogen and oxygen atoms in total. The number of rotatable bonds is 8. The molecule has 1 fully saturated rings. The van der Waals surface area contributed by atoms with Gasteiger partial charge in [-0.05, 0) is 60.4 Å². The molecule has 0 unspecified atom stereocenters. The Hall–Kier alpha value is -3.41. The van der Waals surface area contributed by atoms with Gasteiger partial charge in [-0.1, -0.05) is 37.1 Å². The van der Waals surface area contributed by atoms with Crippen molar-refractivity contribution < 1.29 is 18.4 Å². The molecule has 4 rings (SSSR count). The van der Waals surface area contributed by atoms with E-state index in [1.165, 1.54) is 12.1 Å². The Bertz CT molecular complexity index is 1040. The summed E-state index contributed by atoms with van der Waals surface area (Å²) in [5, 5.41) is 2.85. The number of hydrogen-bond donors (Lipinski definition) is 1. The van der Waals surface area contributed by atoms with Gasteiger partial charge in [-0.25, -0.2) is 4.39 Å². The van der Waals surface area contributed by atoms with Crippen molar-refractivity contribution >= 4 is 17.5 Å². The number of amides is 2. The summed E-state index contributed by atoms with van der Waals surface area (Å²) in [6.45, 7) is 0.701. The molecule has 0 aliphatic heterocycles. The van der Waals surface area contributed by atoms with Gasteiger partial charge in [0.2, 0.25) is 11.8 Å². The Morgan fingerprint density at radius 3 is 2.50 bits per heavy atom. The highest BCUT2D eigenvalue weighted by Gasteiger charge is 2.28. The minimum absolute atomic E-state index is 0.00991. The normalized spacial score (nSPS) is 13.8. The predicted octanol–water partition coefficient (Wildman–Crippen LogP) is 5.00. The molecule has 0 bridgehead atoms. The second-order valence-corrected chi connectivity index (χ2v) is 8.24. The number of nitrogens with one attached hydrogen (secondary N) is 1. The second kappa shape index (κ2) is 10.3. The van der Waals surface area contributed by atoms with E-state index in [0.29, 0.717) is 18.8 Å². The summed E-state index contributed by atoms with van der Waals surface area (Å²) < 4.78 is 18.6. The lowest BCUT2D eigenvalue weighted by Gasteiger charge is -2.26. The molecule has 32 heavy (non-hydrogen) atoms. The third-order valence-corrected chi connectivity index (χ3v) is 5.85. The first-order chi connectivity index (χ1) is 15.6. The van der Waals surface area contributed by atoms with Crippen LogP contribution in [-0.4, -0.2) is 11.8 Å². The molecule has 1 saturated carbocycles. The van der Waals surface area contributed by atoms with E-state index < -0.39 is 0 Å². The fraction of sp³-hybridized carbons (Fsp3) is 0.308. The van der Waals surface area contributed by atoms with Crippen LogP contribution in [0.2, 0.25) is 0 Å². The van der Waals surface area contributed by atoms with Gasteiger partial charge in [0.05, 0.1) is 25.8 Å². The number of halogens is 1. The fourth-order valence-corrected chi connectivity index (χ4v) is 4.14. The topological polar surface area (TPSA) is 62.6 Å². The lowest BCUT2D eigenvalue weighted by Crippen LogP contribution is -2.35. The average Bonchev–Trinajstić information content (AvgIpc) is 3.51. The van der Waals surface area contributed by atoms with Crippen molar-refractivity contribution in [2.75, 3.05) is 4.90 Å².